The second-order valence-corrected chi connectivity index (χ2v) is 6.98. The second kappa shape index (κ2) is 8.29. The van der Waals surface area contributed by atoms with Gasteiger partial charge in [0.25, 0.3) is 0 Å². The van der Waals surface area contributed by atoms with Crippen LogP contribution in [0, 0.1) is 0 Å². The monoisotopic (exact) mass is 394 g/mol. The van der Waals surface area contributed by atoms with E-state index in [1.807, 2.05) is 20.8 Å². The first kappa shape index (κ1) is 20.2. The summed E-state index contributed by atoms with van der Waals surface area (Å²) in [6.07, 6.45) is -1.89. The largest absolute Gasteiger partial charge is 0.416 e. The maximum absolute atomic E-state index is 12.8. The van der Waals surface area contributed by atoms with E-state index in [2.05, 4.69) is 15.9 Å². The number of ketones is 1. The molecule has 0 saturated carbocycles. The fourth-order valence-corrected chi connectivity index (χ4v) is 2.30. The van der Waals surface area contributed by atoms with E-state index in [-0.39, 0.29) is 16.7 Å². The van der Waals surface area contributed by atoms with E-state index >= 15 is 0 Å². The summed E-state index contributed by atoms with van der Waals surface area (Å²) in [5.41, 5.74) is -0.629. The summed E-state index contributed by atoms with van der Waals surface area (Å²) in [6, 6.07) is 3.53. The molecule has 1 fully saturated rings. The van der Waals surface area contributed by atoms with Crippen LogP contribution < -0.4 is 0 Å². The minimum Gasteiger partial charge on any atom is -0.381 e. The molecular formula is C17H22BrF3O2. The molecule has 2 nitrogen and oxygen atoms in total. The van der Waals surface area contributed by atoms with Crippen LogP contribution in [0.25, 0.3) is 0 Å². The average molecular weight is 395 g/mol. The Balaban J connectivity index is 0.000000446. The van der Waals surface area contributed by atoms with Crippen molar-refractivity contribution in [3.05, 3.63) is 34.9 Å². The molecule has 1 aromatic carbocycles. The lowest BCUT2D eigenvalue weighted by molar-refractivity contribution is -0.137. The predicted molar refractivity (Wildman–Crippen MR) is 88.3 cm³/mol. The fourth-order valence-electron chi connectivity index (χ4n) is 1.97. The summed E-state index contributed by atoms with van der Waals surface area (Å²) in [4.78, 5) is 11.6. The number of hydrogen-bond donors (Lipinski definition) is 0. The van der Waals surface area contributed by atoms with Crippen molar-refractivity contribution >= 4 is 21.7 Å². The summed E-state index contributed by atoms with van der Waals surface area (Å²) >= 11 is 2.97. The summed E-state index contributed by atoms with van der Waals surface area (Å²) in [7, 11) is 0. The van der Waals surface area contributed by atoms with Gasteiger partial charge in [-0.2, -0.15) is 13.2 Å². The Kier molecular flexibility index (Phi) is 7.27. The molecule has 1 heterocycles. The molecule has 1 aromatic rings. The molecule has 0 aromatic heterocycles. The molecule has 0 radical (unpaired) electrons. The molecule has 130 valence electrons. The van der Waals surface area contributed by atoms with Crippen LogP contribution in [0.5, 0.6) is 0 Å². The first-order valence-corrected chi connectivity index (χ1v) is 8.57. The lowest BCUT2D eigenvalue weighted by atomic mass is 9.84. The number of alkyl halides is 4. The molecule has 0 aliphatic carbocycles. The molecule has 0 atom stereocenters. The van der Waals surface area contributed by atoms with Crippen LogP contribution in [0.2, 0.25) is 0 Å². The van der Waals surface area contributed by atoms with Gasteiger partial charge in [0.15, 0.2) is 5.78 Å². The Morgan fingerprint density at radius 2 is 1.61 bits per heavy atom. The third-order valence-corrected chi connectivity index (χ3v) is 3.91. The minimum absolute atomic E-state index is 0.0118. The number of carbonyl (C=O) groups is 1. The molecule has 1 aliphatic rings. The zero-order chi connectivity index (χ0) is 17.7. The fraction of sp³-hybridized carbons (Fsp3) is 0.588. The molecule has 6 heteroatoms. The lowest BCUT2D eigenvalue weighted by Crippen LogP contribution is -2.16. The van der Waals surface area contributed by atoms with Gasteiger partial charge in [-0.05, 0) is 42.0 Å². The highest BCUT2D eigenvalue weighted by Gasteiger charge is 2.32. The Morgan fingerprint density at radius 1 is 1.09 bits per heavy atom. The van der Waals surface area contributed by atoms with E-state index in [1.165, 1.54) is 18.9 Å². The summed E-state index contributed by atoms with van der Waals surface area (Å²) in [6.45, 7) is 7.43. The van der Waals surface area contributed by atoms with Gasteiger partial charge in [-0.15, -0.1) is 0 Å². The number of carbonyl (C=O) groups excluding carboxylic acids is 1. The number of ether oxygens (including phenoxy) is 1. The van der Waals surface area contributed by atoms with Gasteiger partial charge >= 0.3 is 6.18 Å². The summed E-state index contributed by atoms with van der Waals surface area (Å²) < 4.78 is 43.3. The van der Waals surface area contributed by atoms with Crippen molar-refractivity contribution in [2.75, 3.05) is 18.5 Å². The molecule has 0 N–H and O–H groups in total. The topological polar surface area (TPSA) is 26.3 Å². The van der Waals surface area contributed by atoms with E-state index in [9.17, 15) is 18.0 Å². The normalized spacial score (nSPS) is 15.1. The Morgan fingerprint density at radius 3 is 1.96 bits per heavy atom. The molecule has 0 amide bonds. The van der Waals surface area contributed by atoms with Crippen LogP contribution in [0.4, 0.5) is 13.2 Å². The van der Waals surface area contributed by atoms with Crippen LogP contribution in [0.3, 0.4) is 0 Å². The maximum atomic E-state index is 12.8. The van der Waals surface area contributed by atoms with Crippen molar-refractivity contribution in [1.29, 1.82) is 0 Å². The number of Topliss-reactive ketones (excluding diaryl/α,β-unsaturated/α-hetero) is 1. The molecule has 23 heavy (non-hydrogen) atoms. The third-order valence-electron chi connectivity index (χ3n) is 3.40. The van der Waals surface area contributed by atoms with Crippen LogP contribution in [-0.2, 0) is 16.3 Å². The third kappa shape index (κ3) is 6.63. The highest BCUT2D eigenvalue weighted by molar-refractivity contribution is 9.09. The summed E-state index contributed by atoms with van der Waals surface area (Å²) in [5, 5.41) is 0.0118. The maximum Gasteiger partial charge on any atom is 0.416 e. The molecule has 0 unspecified atom stereocenters. The average Bonchev–Trinajstić information content (AvgIpc) is 3.03. The van der Waals surface area contributed by atoms with E-state index < -0.39 is 17.2 Å². The van der Waals surface area contributed by atoms with E-state index in [0.717, 1.165) is 25.3 Å². The molecule has 1 saturated heterocycles. The SMILES string of the molecule is C1CCOC1.CC(C)(C)c1cc(C(=O)CBr)cc(C(F)(F)F)c1. The van der Waals surface area contributed by atoms with Gasteiger partial charge in [-0.3, -0.25) is 4.79 Å². The van der Waals surface area contributed by atoms with Gasteiger partial charge in [0.1, 0.15) is 0 Å². The Hall–Kier alpha value is -0.880. The van der Waals surface area contributed by atoms with E-state index in [1.54, 1.807) is 0 Å². The Bertz CT molecular complexity index is 490. The van der Waals surface area contributed by atoms with Crippen molar-refractivity contribution in [3.8, 4) is 0 Å². The molecule has 1 aliphatic heterocycles. The smallest absolute Gasteiger partial charge is 0.381 e. The highest BCUT2D eigenvalue weighted by atomic mass is 79.9. The zero-order valence-corrected chi connectivity index (χ0v) is 15.2. The van der Waals surface area contributed by atoms with Crippen molar-refractivity contribution < 1.29 is 22.7 Å². The van der Waals surface area contributed by atoms with Gasteiger partial charge < -0.3 is 4.74 Å². The summed E-state index contributed by atoms with van der Waals surface area (Å²) in [5.74, 6) is -0.355. The van der Waals surface area contributed by atoms with E-state index in [4.69, 9.17) is 4.74 Å². The first-order chi connectivity index (χ1) is 10.6. The van der Waals surface area contributed by atoms with Gasteiger partial charge in [-0.1, -0.05) is 36.7 Å². The lowest BCUT2D eigenvalue weighted by Gasteiger charge is -2.21. The predicted octanol–water partition coefficient (Wildman–Crippen LogP) is 5.38. The van der Waals surface area contributed by atoms with Crippen LogP contribution in [0.1, 0.15) is 55.1 Å². The van der Waals surface area contributed by atoms with Crippen LogP contribution >= 0.6 is 15.9 Å². The zero-order valence-electron chi connectivity index (χ0n) is 13.6. The molecule has 0 bridgehead atoms. The second-order valence-electron chi connectivity index (χ2n) is 6.42. The van der Waals surface area contributed by atoms with Crippen molar-refractivity contribution in [2.45, 2.75) is 45.2 Å². The Labute approximate surface area is 143 Å². The van der Waals surface area contributed by atoms with Gasteiger partial charge in [0.2, 0.25) is 0 Å². The molecule has 0 spiro atoms. The molecule has 2 rings (SSSR count). The number of halogens is 4. The quantitative estimate of drug-likeness (QED) is 0.497. The van der Waals surface area contributed by atoms with Gasteiger partial charge in [0.05, 0.1) is 10.9 Å². The highest BCUT2D eigenvalue weighted by Crippen LogP contribution is 2.34. The van der Waals surface area contributed by atoms with Crippen LogP contribution in [-0.4, -0.2) is 24.3 Å². The number of benzene rings is 1. The van der Waals surface area contributed by atoms with Crippen molar-refractivity contribution in [2.24, 2.45) is 0 Å². The van der Waals surface area contributed by atoms with Gasteiger partial charge in [-0.25, -0.2) is 0 Å². The minimum atomic E-state index is -4.44. The molecular weight excluding hydrogens is 373 g/mol. The standard InChI is InChI=1S/C13H14BrF3O.C4H8O/c1-12(2,3)9-4-8(11(18)7-14)5-10(6-9)13(15,16)17;1-2-4-5-3-1/h4-6H,7H2,1-3H3;1-4H2. The number of rotatable bonds is 2. The first-order valence-electron chi connectivity index (χ1n) is 7.45. The number of hydrogen-bond acceptors (Lipinski definition) is 2. The van der Waals surface area contributed by atoms with Crippen LogP contribution in [0.15, 0.2) is 18.2 Å². The van der Waals surface area contributed by atoms with Gasteiger partial charge in [0, 0.05) is 18.8 Å². The van der Waals surface area contributed by atoms with Crippen molar-refractivity contribution in [3.63, 3.8) is 0 Å². The van der Waals surface area contributed by atoms with E-state index in [0.29, 0.717) is 5.56 Å². The van der Waals surface area contributed by atoms with Crippen molar-refractivity contribution in [1.82, 2.24) is 0 Å².